The minimum atomic E-state index is -1.28. The number of phenols is 1. The van der Waals surface area contributed by atoms with Crippen molar-refractivity contribution in [2.24, 2.45) is 5.92 Å². The van der Waals surface area contributed by atoms with E-state index in [-0.39, 0.29) is 42.7 Å². The van der Waals surface area contributed by atoms with Gasteiger partial charge in [0.25, 0.3) is 0 Å². The van der Waals surface area contributed by atoms with Crippen LogP contribution in [0.5, 0.6) is 5.75 Å². The third kappa shape index (κ3) is 16.2. The maximum Gasteiger partial charge on any atom is 0.339 e. The Morgan fingerprint density at radius 1 is 0.875 bits per heavy atom. The Morgan fingerprint density at radius 3 is 2.00 bits per heavy atom. The number of benzene rings is 1. The van der Waals surface area contributed by atoms with E-state index in [9.17, 15) is 19.5 Å². The molecule has 0 saturated carbocycles. The highest BCUT2D eigenvalue weighted by molar-refractivity contribution is 5.91. The predicted octanol–water partition coefficient (Wildman–Crippen LogP) is 6.85. The molecule has 1 aromatic rings. The van der Waals surface area contributed by atoms with E-state index >= 15 is 0 Å². The lowest BCUT2D eigenvalue weighted by Gasteiger charge is -2.14. The van der Waals surface area contributed by atoms with Crippen molar-refractivity contribution in [1.29, 1.82) is 0 Å². The van der Waals surface area contributed by atoms with Crippen LogP contribution in [0.4, 0.5) is 0 Å². The number of carbonyl (C=O) groups is 3. The second-order valence-electron chi connectivity index (χ2n) is 9.24. The number of aromatic carboxylic acids is 1. The van der Waals surface area contributed by atoms with Gasteiger partial charge in [-0.05, 0) is 69.1 Å². The summed E-state index contributed by atoms with van der Waals surface area (Å²) >= 11 is 0. The fraction of sp³-hybridized carbons (Fsp3) is 0.424. The second-order valence-corrected chi connectivity index (χ2v) is 9.24. The first-order chi connectivity index (χ1) is 19.4. The van der Waals surface area contributed by atoms with Crippen molar-refractivity contribution in [2.45, 2.75) is 71.6 Å². The largest absolute Gasteiger partial charge is 0.507 e. The average Bonchev–Trinajstić information content (AvgIpc) is 2.93. The highest BCUT2D eigenvalue weighted by atomic mass is 16.5. The summed E-state index contributed by atoms with van der Waals surface area (Å²) < 4.78 is 5.14. The van der Waals surface area contributed by atoms with Crippen LogP contribution in [0.25, 0.3) is 0 Å². The summed E-state index contributed by atoms with van der Waals surface area (Å²) in [6.07, 6.45) is 28.6. The van der Waals surface area contributed by atoms with Gasteiger partial charge in [0.05, 0.1) is 13.0 Å². The first-order valence-corrected chi connectivity index (χ1v) is 14.1. The molecule has 3 N–H and O–H groups in total. The summed E-state index contributed by atoms with van der Waals surface area (Å²) in [6.45, 7) is 4.35. The number of allylic oxidation sites excluding steroid dienone is 10. The Bertz CT molecular complexity index is 1050. The summed E-state index contributed by atoms with van der Waals surface area (Å²) in [5, 5.41) is 21.4. The smallest absolute Gasteiger partial charge is 0.339 e. The van der Waals surface area contributed by atoms with E-state index in [1.807, 2.05) is 6.92 Å². The lowest BCUT2D eigenvalue weighted by molar-refractivity contribution is -0.143. The molecular weight excluding hydrogens is 506 g/mol. The molecule has 1 aromatic carbocycles. The number of esters is 1. The zero-order chi connectivity index (χ0) is 29.4. The molecule has 0 bridgehead atoms. The molecule has 0 fully saturated rings. The first-order valence-electron chi connectivity index (χ1n) is 14.1. The van der Waals surface area contributed by atoms with Crippen LogP contribution < -0.4 is 5.32 Å². The SMILES string of the molecule is CC/C=C\C/C=C\C/C=C\C/C=C\C/C=C\CCC(CC)C(=O)NCCOC(=O)Cc1ccc(O)c(C(=O)O)c1. The number of hydrogen-bond acceptors (Lipinski definition) is 5. The molecule has 1 rings (SSSR count). The van der Waals surface area contributed by atoms with Crippen LogP contribution in [-0.4, -0.2) is 41.2 Å². The zero-order valence-corrected chi connectivity index (χ0v) is 23.9. The molecule has 0 aliphatic carbocycles. The van der Waals surface area contributed by atoms with Crippen LogP contribution in [0.15, 0.2) is 79.0 Å². The summed E-state index contributed by atoms with van der Waals surface area (Å²) in [7, 11) is 0. The standard InChI is InChI=1S/C33H45NO6/c1-3-5-6-7-8-9-10-11-12-13-14-15-16-17-18-19-20-28(4-2)32(37)34-23-24-40-31(36)26-27-21-22-30(35)29(25-27)33(38)39/h5-6,8-9,11-12,14-15,17-18,21-22,25,28,35H,3-4,7,10,13,16,19-20,23-24,26H2,1-2H3,(H,34,37)(H,38,39)/b6-5-,9-8-,12-11-,15-14-,18-17-. The monoisotopic (exact) mass is 551 g/mol. The Hall–Kier alpha value is -3.87. The van der Waals surface area contributed by atoms with Crippen LogP contribution in [-0.2, 0) is 20.7 Å². The highest BCUT2D eigenvalue weighted by Crippen LogP contribution is 2.19. The molecule has 0 spiro atoms. The maximum atomic E-state index is 12.5. The molecule has 7 nitrogen and oxygen atoms in total. The molecule has 7 heteroatoms. The van der Waals surface area contributed by atoms with Gasteiger partial charge in [-0.15, -0.1) is 0 Å². The van der Waals surface area contributed by atoms with Gasteiger partial charge >= 0.3 is 11.9 Å². The third-order valence-electron chi connectivity index (χ3n) is 6.01. The number of carbonyl (C=O) groups excluding carboxylic acids is 2. The van der Waals surface area contributed by atoms with Gasteiger partial charge in [-0.25, -0.2) is 4.79 Å². The van der Waals surface area contributed by atoms with E-state index < -0.39 is 11.9 Å². The van der Waals surface area contributed by atoms with Crippen LogP contribution in [0, 0.1) is 5.92 Å². The Labute approximate surface area is 239 Å². The van der Waals surface area contributed by atoms with Crippen molar-refractivity contribution in [2.75, 3.05) is 13.2 Å². The average molecular weight is 552 g/mol. The number of carboxylic acids is 1. The van der Waals surface area contributed by atoms with E-state index in [4.69, 9.17) is 9.84 Å². The maximum absolute atomic E-state index is 12.5. The van der Waals surface area contributed by atoms with Crippen molar-refractivity contribution in [3.8, 4) is 5.75 Å². The molecule has 40 heavy (non-hydrogen) atoms. The molecule has 0 heterocycles. The Balaban J connectivity index is 2.18. The van der Waals surface area contributed by atoms with Gasteiger partial charge in [0.1, 0.15) is 17.9 Å². The van der Waals surface area contributed by atoms with Crippen molar-refractivity contribution < 1.29 is 29.3 Å². The van der Waals surface area contributed by atoms with Gasteiger partial charge in [-0.2, -0.15) is 0 Å². The number of rotatable bonds is 20. The van der Waals surface area contributed by atoms with E-state index in [0.29, 0.717) is 5.56 Å². The molecule has 0 aliphatic heterocycles. The van der Waals surface area contributed by atoms with Crippen molar-refractivity contribution >= 4 is 17.8 Å². The van der Waals surface area contributed by atoms with E-state index in [1.165, 1.54) is 18.2 Å². The van der Waals surface area contributed by atoms with Crippen LogP contribution in [0.2, 0.25) is 0 Å². The Kier molecular flexibility index (Phi) is 18.8. The topological polar surface area (TPSA) is 113 Å². The number of aromatic hydroxyl groups is 1. The van der Waals surface area contributed by atoms with Crippen molar-refractivity contribution in [1.82, 2.24) is 5.32 Å². The number of ether oxygens (including phenoxy) is 1. The number of amides is 1. The van der Waals surface area contributed by atoms with Crippen molar-refractivity contribution in [3.05, 3.63) is 90.1 Å². The van der Waals surface area contributed by atoms with Gasteiger partial charge in [0.2, 0.25) is 5.91 Å². The summed E-state index contributed by atoms with van der Waals surface area (Å²) in [5.74, 6) is -2.34. The highest BCUT2D eigenvalue weighted by Gasteiger charge is 2.16. The quantitative estimate of drug-likeness (QED) is 0.0928. The summed E-state index contributed by atoms with van der Waals surface area (Å²) in [5.41, 5.74) is 0.151. The van der Waals surface area contributed by atoms with Crippen LogP contribution in [0.1, 0.15) is 81.1 Å². The van der Waals surface area contributed by atoms with Gasteiger partial charge in [-0.1, -0.05) is 80.7 Å². The first kappa shape index (κ1) is 34.2. The molecule has 0 aromatic heterocycles. The normalized spacial score (nSPS) is 12.8. The molecule has 0 radical (unpaired) electrons. The Morgan fingerprint density at radius 2 is 1.45 bits per heavy atom. The molecule has 218 valence electrons. The fourth-order valence-corrected chi connectivity index (χ4v) is 3.75. The fourth-order valence-electron chi connectivity index (χ4n) is 3.75. The van der Waals surface area contributed by atoms with Gasteiger partial charge in [-0.3, -0.25) is 9.59 Å². The summed E-state index contributed by atoms with van der Waals surface area (Å²) in [6, 6.07) is 3.94. The number of nitrogens with one attached hydrogen (secondary N) is 1. The van der Waals surface area contributed by atoms with E-state index in [2.05, 4.69) is 73.0 Å². The van der Waals surface area contributed by atoms with Gasteiger partial charge in [0.15, 0.2) is 0 Å². The lowest BCUT2D eigenvalue weighted by Crippen LogP contribution is -2.33. The number of hydrogen-bond donors (Lipinski definition) is 3. The predicted molar refractivity (Wildman–Crippen MR) is 160 cm³/mol. The summed E-state index contributed by atoms with van der Waals surface area (Å²) in [4.78, 5) is 35.6. The van der Waals surface area contributed by atoms with Crippen LogP contribution in [0.3, 0.4) is 0 Å². The van der Waals surface area contributed by atoms with Crippen molar-refractivity contribution in [3.63, 3.8) is 0 Å². The molecular formula is C33H45NO6. The molecule has 0 aliphatic rings. The molecule has 1 atom stereocenters. The minimum Gasteiger partial charge on any atom is -0.507 e. The zero-order valence-electron chi connectivity index (χ0n) is 23.9. The van der Waals surface area contributed by atoms with Crippen LogP contribution >= 0.6 is 0 Å². The minimum absolute atomic E-state index is 0.0274. The number of carboxylic acid groups (broad SMARTS) is 1. The third-order valence-corrected chi connectivity index (χ3v) is 6.01. The second kappa shape index (κ2) is 22.0. The molecule has 0 saturated heterocycles. The molecule has 1 unspecified atom stereocenters. The molecule has 1 amide bonds. The van der Waals surface area contributed by atoms with E-state index in [1.54, 1.807) is 0 Å². The lowest BCUT2D eigenvalue weighted by atomic mass is 9.99. The van der Waals surface area contributed by atoms with E-state index in [0.717, 1.165) is 51.4 Å². The van der Waals surface area contributed by atoms with Gasteiger partial charge < -0.3 is 20.3 Å². The van der Waals surface area contributed by atoms with Gasteiger partial charge in [0, 0.05) is 5.92 Å².